The molecule has 0 saturated heterocycles. The number of nitrogens with two attached hydrogens (primary N) is 1. The predicted octanol–water partition coefficient (Wildman–Crippen LogP) is 1.19. The van der Waals surface area contributed by atoms with Gasteiger partial charge in [0.05, 0.1) is 6.01 Å². The second-order valence-electron chi connectivity index (χ2n) is 5.56. The van der Waals surface area contributed by atoms with E-state index < -0.39 is 0 Å². The van der Waals surface area contributed by atoms with E-state index in [0.717, 1.165) is 36.5 Å². The molecule has 3 rings (SSSR count). The topological polar surface area (TPSA) is 91.8 Å². The first-order chi connectivity index (χ1) is 11.2. The molecule has 0 unspecified atom stereocenters. The fourth-order valence-electron chi connectivity index (χ4n) is 2.50. The van der Waals surface area contributed by atoms with Crippen molar-refractivity contribution >= 4 is 0 Å². The van der Waals surface area contributed by atoms with Crippen LogP contribution in [0.25, 0.3) is 17.1 Å². The number of hydrogen-bond donors (Lipinski definition) is 2. The summed E-state index contributed by atoms with van der Waals surface area (Å²) >= 11 is 0. The van der Waals surface area contributed by atoms with Gasteiger partial charge in [0, 0.05) is 29.7 Å². The van der Waals surface area contributed by atoms with Gasteiger partial charge < -0.3 is 20.7 Å². The molecule has 0 bridgehead atoms. The fraction of sp³-hybridized carbons (Fsp3) is 0.294. The number of aromatic nitrogens is 3. The molecule has 0 spiro atoms. The molecule has 0 radical (unpaired) electrons. The normalized spacial score (nSPS) is 11.2. The second-order valence-corrected chi connectivity index (χ2v) is 5.56. The van der Waals surface area contributed by atoms with Crippen LogP contribution in [-0.4, -0.2) is 27.6 Å². The zero-order valence-electron chi connectivity index (χ0n) is 13.1. The van der Waals surface area contributed by atoms with Crippen LogP contribution in [-0.2, 0) is 6.54 Å². The Hall–Kier alpha value is -2.44. The van der Waals surface area contributed by atoms with E-state index in [0.29, 0.717) is 12.4 Å². The Labute approximate surface area is 135 Å². The van der Waals surface area contributed by atoms with Crippen LogP contribution in [0, 0.1) is 6.92 Å². The molecule has 0 atom stereocenters. The summed E-state index contributed by atoms with van der Waals surface area (Å²) in [7, 11) is 0. The minimum absolute atomic E-state index is 0.315. The zero-order valence-corrected chi connectivity index (χ0v) is 13.1. The van der Waals surface area contributed by atoms with E-state index in [2.05, 4.69) is 15.3 Å². The van der Waals surface area contributed by atoms with Crippen molar-refractivity contribution in [1.29, 1.82) is 0 Å². The van der Waals surface area contributed by atoms with Crippen LogP contribution in [0.3, 0.4) is 0 Å². The lowest BCUT2D eigenvalue weighted by atomic mass is 10.2. The molecule has 0 fully saturated rings. The Bertz CT molecular complexity index is 750. The zero-order chi connectivity index (χ0) is 16.2. The van der Waals surface area contributed by atoms with Crippen molar-refractivity contribution in [3.8, 4) is 23.1 Å². The summed E-state index contributed by atoms with van der Waals surface area (Å²) in [5.41, 5.74) is 9.16. The van der Waals surface area contributed by atoms with E-state index in [9.17, 15) is 5.11 Å². The van der Waals surface area contributed by atoms with E-state index >= 15 is 0 Å². The highest BCUT2D eigenvalue weighted by Crippen LogP contribution is 2.24. The summed E-state index contributed by atoms with van der Waals surface area (Å²) < 4.78 is 1.55. The number of nitrogens with one attached hydrogen (secondary N) is 1. The quantitative estimate of drug-likeness (QED) is 0.667. The van der Waals surface area contributed by atoms with E-state index in [1.165, 1.54) is 5.56 Å². The highest BCUT2D eigenvalue weighted by Gasteiger charge is 2.10. The van der Waals surface area contributed by atoms with E-state index in [4.69, 9.17) is 5.73 Å². The smallest absolute Gasteiger partial charge is 0.161 e. The minimum atomic E-state index is -0.315. The van der Waals surface area contributed by atoms with Crippen LogP contribution in [0.1, 0.15) is 17.7 Å². The van der Waals surface area contributed by atoms with Crippen molar-refractivity contribution in [3.63, 3.8) is 0 Å². The lowest BCUT2D eigenvalue weighted by molar-refractivity contribution is -0.284. The first-order valence-electron chi connectivity index (χ1n) is 7.71. The van der Waals surface area contributed by atoms with Gasteiger partial charge in [-0.2, -0.15) is 0 Å². The van der Waals surface area contributed by atoms with Gasteiger partial charge in [-0.25, -0.2) is 9.97 Å². The molecule has 0 aromatic heterocycles. The van der Waals surface area contributed by atoms with Gasteiger partial charge in [-0.05, 0) is 50.2 Å². The third-order valence-corrected chi connectivity index (χ3v) is 3.68. The van der Waals surface area contributed by atoms with Gasteiger partial charge in [0.1, 0.15) is 0 Å². The monoisotopic (exact) mass is 310 g/mol. The molecule has 1 aromatic rings. The number of benzene rings is 1. The van der Waals surface area contributed by atoms with E-state index in [1.807, 2.05) is 37.3 Å². The molecule has 0 saturated carbocycles. The molecule has 6 nitrogen and oxygen atoms in total. The lowest BCUT2D eigenvalue weighted by Gasteiger charge is -2.18. The predicted molar refractivity (Wildman–Crippen MR) is 87.5 cm³/mol. The van der Waals surface area contributed by atoms with Crippen LogP contribution in [0.2, 0.25) is 0 Å². The van der Waals surface area contributed by atoms with E-state index in [1.54, 1.807) is 10.8 Å². The molecule has 0 amide bonds. The molecular formula is C17H20N5O-. The molecule has 2 aliphatic rings. The molecule has 23 heavy (non-hydrogen) atoms. The van der Waals surface area contributed by atoms with Gasteiger partial charge in [0.25, 0.3) is 0 Å². The minimum Gasteiger partial charge on any atom is -0.845 e. The maximum atomic E-state index is 12.2. The van der Waals surface area contributed by atoms with Crippen molar-refractivity contribution < 1.29 is 5.11 Å². The summed E-state index contributed by atoms with van der Waals surface area (Å²) in [5.74, 6) is 0.504. The lowest BCUT2D eigenvalue weighted by Crippen LogP contribution is -2.17. The number of nitrogens with zero attached hydrogens (tertiary/aromatic N) is 3. The van der Waals surface area contributed by atoms with Crippen LogP contribution in [0.4, 0.5) is 0 Å². The fourth-order valence-corrected chi connectivity index (χ4v) is 2.50. The molecule has 2 heterocycles. The van der Waals surface area contributed by atoms with Crippen molar-refractivity contribution in [1.82, 2.24) is 19.9 Å². The molecule has 6 heteroatoms. The van der Waals surface area contributed by atoms with Gasteiger partial charge in [-0.15, -0.1) is 0 Å². The van der Waals surface area contributed by atoms with Crippen LogP contribution < -0.4 is 16.2 Å². The third-order valence-electron chi connectivity index (χ3n) is 3.68. The second kappa shape index (κ2) is 6.76. The molecule has 1 aromatic carbocycles. The van der Waals surface area contributed by atoms with Gasteiger partial charge in [-0.1, -0.05) is 12.1 Å². The number of fused-ring (bicyclic) bond motifs is 1. The van der Waals surface area contributed by atoms with Gasteiger partial charge >= 0.3 is 0 Å². The maximum absolute atomic E-state index is 12.2. The number of rotatable bonds is 6. The van der Waals surface area contributed by atoms with Gasteiger partial charge in [0.2, 0.25) is 0 Å². The van der Waals surface area contributed by atoms with Crippen LogP contribution in [0.15, 0.2) is 36.5 Å². The first-order valence-corrected chi connectivity index (χ1v) is 7.71. The summed E-state index contributed by atoms with van der Waals surface area (Å²) in [4.78, 5) is 8.27. The van der Waals surface area contributed by atoms with Crippen molar-refractivity contribution in [2.75, 3.05) is 13.1 Å². The Kier molecular flexibility index (Phi) is 4.55. The molecule has 3 N–H and O–H groups in total. The highest BCUT2D eigenvalue weighted by molar-refractivity contribution is 5.59. The summed E-state index contributed by atoms with van der Waals surface area (Å²) in [6.07, 6.45) is 2.76. The van der Waals surface area contributed by atoms with Crippen molar-refractivity contribution in [3.05, 3.63) is 47.8 Å². The highest BCUT2D eigenvalue weighted by atomic mass is 16.3. The average molecular weight is 310 g/mol. The molecular weight excluding hydrogens is 290 g/mol. The Balaban J connectivity index is 1.79. The largest absolute Gasteiger partial charge is 0.845 e. The van der Waals surface area contributed by atoms with E-state index in [-0.39, 0.29) is 6.01 Å². The van der Waals surface area contributed by atoms with Gasteiger partial charge in [0.15, 0.2) is 5.82 Å². The molecule has 2 aliphatic heterocycles. The first kappa shape index (κ1) is 15.5. The maximum Gasteiger partial charge on any atom is 0.161 e. The van der Waals surface area contributed by atoms with Gasteiger partial charge in [-0.3, -0.25) is 0 Å². The number of hydrogen-bond acceptors (Lipinski definition) is 5. The van der Waals surface area contributed by atoms with Crippen molar-refractivity contribution in [2.24, 2.45) is 5.73 Å². The summed E-state index contributed by atoms with van der Waals surface area (Å²) in [5, 5.41) is 15.5. The molecule has 120 valence electrons. The summed E-state index contributed by atoms with van der Waals surface area (Å²) in [6, 6.07) is 9.49. The Morgan fingerprint density at radius 2 is 2.00 bits per heavy atom. The average Bonchev–Trinajstić information content (AvgIpc) is 2.90. The standard InChI is InChI=1S/C17H21N5O/c1-12-9-14-11-22(17(23)21-16(14)20-12)15-5-3-13(4-6-15)10-19-8-2-7-18/h3-6,9,11,19H,2,7-8,10,18H2,1H3,(H,20,21,23)/p-1. The Morgan fingerprint density at radius 3 is 2.74 bits per heavy atom. The van der Waals surface area contributed by atoms with Crippen LogP contribution in [0.5, 0.6) is 6.01 Å². The number of aryl methyl sites for hydroxylation is 1. The third kappa shape index (κ3) is 3.49. The SMILES string of the molecule is Cc1cc2cn(-c3ccc(CNCCCN)cc3)c([O-])nc-2n1. The van der Waals surface area contributed by atoms with Crippen molar-refractivity contribution in [2.45, 2.75) is 19.9 Å². The van der Waals surface area contributed by atoms with Crippen LogP contribution >= 0.6 is 0 Å². The summed E-state index contributed by atoms with van der Waals surface area (Å²) in [6.45, 7) is 4.28. The Morgan fingerprint density at radius 1 is 1.22 bits per heavy atom. The molecule has 0 aliphatic carbocycles.